The highest BCUT2D eigenvalue weighted by molar-refractivity contribution is 7.99. The summed E-state index contributed by atoms with van der Waals surface area (Å²) >= 11 is 1.84. The lowest BCUT2D eigenvalue weighted by molar-refractivity contribution is -0.138. The quantitative estimate of drug-likeness (QED) is 0.936. The van der Waals surface area contributed by atoms with Crippen LogP contribution < -0.4 is 0 Å². The maximum atomic E-state index is 11.0. The van der Waals surface area contributed by atoms with Crippen LogP contribution in [0, 0.1) is 6.92 Å². The number of imidazole rings is 1. The van der Waals surface area contributed by atoms with E-state index in [1.807, 2.05) is 34.6 Å². The van der Waals surface area contributed by atoms with Crippen molar-refractivity contribution in [3.8, 4) is 0 Å². The molecule has 5 nitrogen and oxygen atoms in total. The summed E-state index contributed by atoms with van der Waals surface area (Å²) in [6, 6.07) is 4.17. The lowest BCUT2D eigenvalue weighted by atomic mass is 10.2. The fourth-order valence-corrected chi connectivity index (χ4v) is 3.91. The Morgan fingerprint density at radius 1 is 1.57 bits per heavy atom. The summed E-state index contributed by atoms with van der Waals surface area (Å²) in [6.45, 7) is 3.70. The fraction of sp³-hybridized carbons (Fsp3) is 0.467. The van der Waals surface area contributed by atoms with Crippen LogP contribution in [0.3, 0.4) is 0 Å². The van der Waals surface area contributed by atoms with Crippen molar-refractivity contribution < 1.29 is 9.90 Å². The van der Waals surface area contributed by atoms with E-state index in [1.165, 1.54) is 0 Å². The van der Waals surface area contributed by atoms with Crippen molar-refractivity contribution in [2.45, 2.75) is 25.9 Å². The van der Waals surface area contributed by atoms with Gasteiger partial charge in [-0.2, -0.15) is 11.8 Å². The SMILES string of the molecule is Cc1cccn2cc(CN3CCSCC3CC(=O)O)nc12. The van der Waals surface area contributed by atoms with E-state index in [1.54, 1.807) is 0 Å². The van der Waals surface area contributed by atoms with Crippen LogP contribution >= 0.6 is 11.8 Å². The third-order valence-electron chi connectivity index (χ3n) is 3.85. The summed E-state index contributed by atoms with van der Waals surface area (Å²) in [6.07, 6.45) is 4.25. The third-order valence-corrected chi connectivity index (χ3v) is 4.94. The van der Waals surface area contributed by atoms with Crippen LogP contribution in [0.5, 0.6) is 0 Å². The van der Waals surface area contributed by atoms with Gasteiger partial charge in [0.1, 0.15) is 5.65 Å². The van der Waals surface area contributed by atoms with Crippen LogP contribution in [-0.4, -0.2) is 49.5 Å². The highest BCUT2D eigenvalue weighted by atomic mass is 32.2. The van der Waals surface area contributed by atoms with Crippen LogP contribution in [-0.2, 0) is 11.3 Å². The minimum absolute atomic E-state index is 0.104. The Morgan fingerprint density at radius 3 is 3.19 bits per heavy atom. The van der Waals surface area contributed by atoms with Gasteiger partial charge in [0.25, 0.3) is 0 Å². The van der Waals surface area contributed by atoms with Crippen LogP contribution in [0.2, 0.25) is 0 Å². The number of hydrogen-bond acceptors (Lipinski definition) is 4. The number of pyridine rings is 1. The number of aryl methyl sites for hydroxylation is 1. The molecule has 21 heavy (non-hydrogen) atoms. The van der Waals surface area contributed by atoms with Gasteiger partial charge in [0.05, 0.1) is 12.1 Å². The number of fused-ring (bicyclic) bond motifs is 1. The molecule has 6 heteroatoms. The zero-order chi connectivity index (χ0) is 14.8. The number of rotatable bonds is 4. The topological polar surface area (TPSA) is 57.8 Å². The van der Waals surface area contributed by atoms with Gasteiger partial charge >= 0.3 is 5.97 Å². The lowest BCUT2D eigenvalue weighted by Crippen LogP contribution is -2.43. The average Bonchev–Trinajstić information content (AvgIpc) is 2.84. The number of carboxylic acids is 1. The number of aliphatic carboxylic acids is 1. The summed E-state index contributed by atoms with van der Waals surface area (Å²) in [5.41, 5.74) is 3.14. The van der Waals surface area contributed by atoms with Gasteiger partial charge in [0.2, 0.25) is 0 Å². The number of thioether (sulfide) groups is 1. The molecule has 1 N–H and O–H groups in total. The largest absolute Gasteiger partial charge is 0.481 e. The number of aromatic nitrogens is 2. The Balaban J connectivity index is 1.79. The van der Waals surface area contributed by atoms with Crippen LogP contribution in [0.4, 0.5) is 0 Å². The van der Waals surface area contributed by atoms with Gasteiger partial charge in [-0.1, -0.05) is 6.07 Å². The molecule has 2 aromatic heterocycles. The molecule has 1 atom stereocenters. The summed E-state index contributed by atoms with van der Waals surface area (Å²) in [7, 11) is 0. The van der Waals surface area contributed by atoms with E-state index in [2.05, 4.69) is 22.9 Å². The molecule has 1 aliphatic heterocycles. The second-order valence-electron chi connectivity index (χ2n) is 5.45. The Hall–Kier alpha value is -1.53. The molecule has 0 aliphatic carbocycles. The molecule has 2 aromatic rings. The molecule has 3 rings (SSSR count). The van der Waals surface area contributed by atoms with E-state index in [0.717, 1.165) is 41.5 Å². The van der Waals surface area contributed by atoms with Gasteiger partial charge in [0.15, 0.2) is 0 Å². The molecule has 0 spiro atoms. The van der Waals surface area contributed by atoms with Crippen molar-refractivity contribution >= 4 is 23.4 Å². The number of hydrogen-bond donors (Lipinski definition) is 1. The molecule has 0 bridgehead atoms. The first kappa shape index (κ1) is 14.4. The summed E-state index contributed by atoms with van der Waals surface area (Å²) in [5.74, 6) is 1.22. The first-order valence-corrected chi connectivity index (χ1v) is 8.26. The zero-order valence-corrected chi connectivity index (χ0v) is 12.8. The molecule has 0 radical (unpaired) electrons. The summed E-state index contributed by atoms with van der Waals surface area (Å²) < 4.78 is 2.04. The van der Waals surface area contributed by atoms with E-state index < -0.39 is 5.97 Å². The molecule has 1 fully saturated rings. The number of carboxylic acid groups (broad SMARTS) is 1. The van der Waals surface area contributed by atoms with E-state index in [0.29, 0.717) is 0 Å². The monoisotopic (exact) mass is 305 g/mol. The highest BCUT2D eigenvalue weighted by Crippen LogP contribution is 2.21. The van der Waals surface area contributed by atoms with Crippen molar-refractivity contribution in [3.05, 3.63) is 35.8 Å². The van der Waals surface area contributed by atoms with Crippen molar-refractivity contribution in [3.63, 3.8) is 0 Å². The second kappa shape index (κ2) is 6.07. The maximum absolute atomic E-state index is 11.0. The molecule has 1 unspecified atom stereocenters. The van der Waals surface area contributed by atoms with Crippen molar-refractivity contribution in [2.24, 2.45) is 0 Å². The van der Waals surface area contributed by atoms with Gasteiger partial charge < -0.3 is 9.51 Å². The second-order valence-corrected chi connectivity index (χ2v) is 6.60. The Morgan fingerprint density at radius 2 is 2.43 bits per heavy atom. The highest BCUT2D eigenvalue weighted by Gasteiger charge is 2.25. The Kier molecular flexibility index (Phi) is 4.17. The Bertz CT molecular complexity index is 655. The molecule has 1 saturated heterocycles. The normalized spacial score (nSPS) is 20.0. The van der Waals surface area contributed by atoms with Crippen molar-refractivity contribution in [1.82, 2.24) is 14.3 Å². The third kappa shape index (κ3) is 3.22. The molecule has 0 amide bonds. The van der Waals surface area contributed by atoms with Gasteiger partial charge in [-0.3, -0.25) is 9.69 Å². The predicted molar refractivity (Wildman–Crippen MR) is 83.7 cm³/mol. The Labute approximate surface area is 128 Å². The van der Waals surface area contributed by atoms with Gasteiger partial charge in [-0.05, 0) is 18.6 Å². The molecular weight excluding hydrogens is 286 g/mol. The van der Waals surface area contributed by atoms with Crippen molar-refractivity contribution in [1.29, 1.82) is 0 Å². The number of nitrogens with zero attached hydrogens (tertiary/aromatic N) is 3. The van der Waals surface area contributed by atoms with Crippen molar-refractivity contribution in [2.75, 3.05) is 18.1 Å². The maximum Gasteiger partial charge on any atom is 0.304 e. The smallest absolute Gasteiger partial charge is 0.304 e. The van der Waals surface area contributed by atoms with Gasteiger partial charge in [0, 0.05) is 43.0 Å². The fourth-order valence-electron chi connectivity index (χ4n) is 2.78. The molecule has 1 aliphatic rings. The van der Waals surface area contributed by atoms with Crippen LogP contribution in [0.1, 0.15) is 17.7 Å². The summed E-state index contributed by atoms with van der Waals surface area (Å²) in [4.78, 5) is 17.9. The minimum atomic E-state index is -0.724. The van der Waals surface area contributed by atoms with E-state index in [-0.39, 0.29) is 12.5 Å². The van der Waals surface area contributed by atoms with E-state index in [9.17, 15) is 4.79 Å². The predicted octanol–water partition coefficient (Wildman–Crippen LogP) is 2.03. The minimum Gasteiger partial charge on any atom is -0.481 e. The lowest BCUT2D eigenvalue weighted by Gasteiger charge is -2.33. The van der Waals surface area contributed by atoms with Gasteiger partial charge in [-0.15, -0.1) is 0 Å². The van der Waals surface area contributed by atoms with E-state index >= 15 is 0 Å². The molecule has 0 saturated carbocycles. The first-order chi connectivity index (χ1) is 10.1. The molecule has 3 heterocycles. The standard InChI is InChI=1S/C15H19N3O2S/c1-11-3-2-4-18-9-12(16-15(11)18)8-17-5-6-21-10-13(17)7-14(19)20/h2-4,9,13H,5-8,10H2,1H3,(H,19,20). The zero-order valence-electron chi connectivity index (χ0n) is 12.0. The van der Waals surface area contributed by atoms with E-state index in [4.69, 9.17) is 5.11 Å². The molecular formula is C15H19N3O2S. The average molecular weight is 305 g/mol. The summed E-state index contributed by atoms with van der Waals surface area (Å²) in [5, 5.41) is 9.04. The van der Waals surface area contributed by atoms with Crippen LogP contribution in [0.15, 0.2) is 24.5 Å². The molecule has 0 aromatic carbocycles. The first-order valence-electron chi connectivity index (χ1n) is 7.10. The molecule has 112 valence electrons. The van der Waals surface area contributed by atoms with Gasteiger partial charge in [-0.25, -0.2) is 4.98 Å². The van der Waals surface area contributed by atoms with Crippen LogP contribution in [0.25, 0.3) is 5.65 Å². The number of carbonyl (C=O) groups is 1.